The van der Waals surface area contributed by atoms with E-state index in [1.165, 1.54) is 0 Å². The topological polar surface area (TPSA) is 67.4 Å². The number of esters is 1. The van der Waals surface area contributed by atoms with Gasteiger partial charge in [0.2, 0.25) is 0 Å². The predicted molar refractivity (Wildman–Crippen MR) is 83.4 cm³/mol. The lowest BCUT2D eigenvalue weighted by molar-refractivity contribution is -0.151. The van der Waals surface area contributed by atoms with E-state index in [0.717, 1.165) is 24.9 Å². The number of ether oxygens (including phenoxy) is 1. The van der Waals surface area contributed by atoms with Gasteiger partial charge in [0.05, 0.1) is 18.1 Å². The average Bonchev–Trinajstić information content (AvgIpc) is 2.47. The number of benzene rings is 1. The fourth-order valence-electron chi connectivity index (χ4n) is 3.67. The van der Waals surface area contributed by atoms with Crippen molar-refractivity contribution in [1.29, 1.82) is 0 Å². The van der Waals surface area contributed by atoms with Crippen molar-refractivity contribution in [3.63, 3.8) is 0 Å². The molecule has 5 nitrogen and oxygen atoms in total. The molecular formula is C17H22N2O3. The minimum absolute atomic E-state index is 0.0452. The SMILES string of the molecule is CCOC(=O)[C@@H]1CC[C@]2(C[C@@H]1C)NC(=O)c1ccccc1N2. The first-order valence-corrected chi connectivity index (χ1v) is 7.91. The Hall–Kier alpha value is -2.04. The van der Waals surface area contributed by atoms with Crippen LogP contribution in [0, 0.1) is 11.8 Å². The van der Waals surface area contributed by atoms with Gasteiger partial charge in [0, 0.05) is 5.69 Å². The van der Waals surface area contributed by atoms with Gasteiger partial charge in [-0.15, -0.1) is 0 Å². The van der Waals surface area contributed by atoms with Gasteiger partial charge in [-0.2, -0.15) is 0 Å². The van der Waals surface area contributed by atoms with E-state index in [1.54, 1.807) is 0 Å². The first kappa shape index (κ1) is 14.9. The van der Waals surface area contributed by atoms with E-state index in [4.69, 9.17) is 4.74 Å². The molecule has 3 atom stereocenters. The highest BCUT2D eigenvalue weighted by Gasteiger charge is 2.45. The highest BCUT2D eigenvalue weighted by molar-refractivity contribution is 6.02. The number of anilines is 1. The standard InChI is InChI=1S/C17H22N2O3/c1-3-22-16(21)12-8-9-17(10-11(12)2)18-14-7-5-4-6-13(14)15(20)19-17/h4-7,11-12,18H,3,8-10H2,1-2H3,(H,19,20)/t11-,12+,17+/m0/s1. The maximum absolute atomic E-state index is 12.3. The second kappa shape index (κ2) is 5.63. The van der Waals surface area contributed by atoms with Crippen molar-refractivity contribution in [2.75, 3.05) is 11.9 Å². The number of amides is 1. The Labute approximate surface area is 130 Å². The van der Waals surface area contributed by atoms with Crippen molar-refractivity contribution in [1.82, 2.24) is 5.32 Å². The Morgan fingerprint density at radius 3 is 2.86 bits per heavy atom. The molecule has 0 bridgehead atoms. The highest BCUT2D eigenvalue weighted by atomic mass is 16.5. The molecule has 22 heavy (non-hydrogen) atoms. The van der Waals surface area contributed by atoms with Gasteiger partial charge in [-0.3, -0.25) is 9.59 Å². The molecule has 5 heteroatoms. The molecule has 1 spiro atoms. The number of carbonyl (C=O) groups is 2. The van der Waals surface area contributed by atoms with Gasteiger partial charge >= 0.3 is 5.97 Å². The molecule has 1 amide bonds. The molecule has 1 aromatic carbocycles. The van der Waals surface area contributed by atoms with Crippen molar-refractivity contribution < 1.29 is 14.3 Å². The minimum Gasteiger partial charge on any atom is -0.466 e. The van der Waals surface area contributed by atoms with Crippen molar-refractivity contribution in [3.8, 4) is 0 Å². The molecule has 1 saturated carbocycles. The molecule has 1 aliphatic carbocycles. The Kier molecular flexibility index (Phi) is 3.81. The van der Waals surface area contributed by atoms with Crippen LogP contribution in [-0.2, 0) is 9.53 Å². The first-order valence-electron chi connectivity index (χ1n) is 7.91. The smallest absolute Gasteiger partial charge is 0.309 e. The number of hydrogen-bond donors (Lipinski definition) is 2. The maximum atomic E-state index is 12.3. The van der Waals surface area contributed by atoms with Gasteiger partial charge < -0.3 is 15.4 Å². The summed E-state index contributed by atoms with van der Waals surface area (Å²) in [5.74, 6) is -0.0872. The number of para-hydroxylation sites is 1. The lowest BCUT2D eigenvalue weighted by Crippen LogP contribution is -2.60. The predicted octanol–water partition coefficient (Wildman–Crippen LogP) is 2.54. The molecular weight excluding hydrogens is 280 g/mol. The normalized spacial score (nSPS) is 30.2. The molecule has 0 saturated heterocycles. The maximum Gasteiger partial charge on any atom is 0.309 e. The van der Waals surface area contributed by atoms with Crippen LogP contribution in [-0.4, -0.2) is 24.1 Å². The fourth-order valence-corrected chi connectivity index (χ4v) is 3.67. The van der Waals surface area contributed by atoms with Crippen LogP contribution in [0.1, 0.15) is 43.5 Å². The Bertz CT molecular complexity index is 601. The summed E-state index contributed by atoms with van der Waals surface area (Å²) < 4.78 is 5.16. The Morgan fingerprint density at radius 1 is 1.36 bits per heavy atom. The molecule has 118 valence electrons. The van der Waals surface area contributed by atoms with Gasteiger partial charge in [0.25, 0.3) is 5.91 Å². The lowest BCUT2D eigenvalue weighted by atomic mass is 9.73. The van der Waals surface area contributed by atoms with E-state index in [-0.39, 0.29) is 23.7 Å². The van der Waals surface area contributed by atoms with Crippen molar-refractivity contribution in [2.24, 2.45) is 11.8 Å². The quantitative estimate of drug-likeness (QED) is 0.824. The molecule has 2 aliphatic rings. The molecule has 2 N–H and O–H groups in total. The summed E-state index contributed by atoms with van der Waals surface area (Å²) >= 11 is 0. The van der Waals surface area contributed by atoms with Gasteiger partial charge in [0.1, 0.15) is 5.66 Å². The Morgan fingerprint density at radius 2 is 2.14 bits per heavy atom. The second-order valence-corrected chi connectivity index (χ2v) is 6.29. The number of rotatable bonds is 2. The summed E-state index contributed by atoms with van der Waals surface area (Å²) in [5, 5.41) is 6.59. The van der Waals surface area contributed by atoms with Crippen LogP contribution in [0.15, 0.2) is 24.3 Å². The van der Waals surface area contributed by atoms with E-state index >= 15 is 0 Å². The number of hydrogen-bond acceptors (Lipinski definition) is 4. The van der Waals surface area contributed by atoms with E-state index in [1.807, 2.05) is 31.2 Å². The number of fused-ring (bicyclic) bond motifs is 1. The van der Waals surface area contributed by atoms with Crippen LogP contribution in [0.5, 0.6) is 0 Å². The van der Waals surface area contributed by atoms with Crippen LogP contribution in [0.2, 0.25) is 0 Å². The molecule has 1 fully saturated rings. The fraction of sp³-hybridized carbons (Fsp3) is 0.529. The van der Waals surface area contributed by atoms with Crippen LogP contribution >= 0.6 is 0 Å². The summed E-state index contributed by atoms with van der Waals surface area (Å²) in [7, 11) is 0. The van der Waals surface area contributed by atoms with Crippen LogP contribution < -0.4 is 10.6 Å². The molecule has 1 aromatic rings. The van der Waals surface area contributed by atoms with Crippen LogP contribution in [0.25, 0.3) is 0 Å². The molecule has 3 rings (SSSR count). The van der Waals surface area contributed by atoms with Crippen molar-refractivity contribution in [2.45, 2.75) is 38.8 Å². The van der Waals surface area contributed by atoms with Gasteiger partial charge in [-0.05, 0) is 44.2 Å². The lowest BCUT2D eigenvalue weighted by Gasteiger charge is -2.46. The van der Waals surface area contributed by atoms with E-state index < -0.39 is 5.66 Å². The second-order valence-electron chi connectivity index (χ2n) is 6.29. The molecule has 1 aliphatic heterocycles. The molecule has 0 unspecified atom stereocenters. The zero-order chi connectivity index (χ0) is 15.7. The van der Waals surface area contributed by atoms with E-state index in [2.05, 4.69) is 17.6 Å². The molecule has 1 heterocycles. The zero-order valence-electron chi connectivity index (χ0n) is 13.0. The molecule has 0 aromatic heterocycles. The van der Waals surface area contributed by atoms with Crippen molar-refractivity contribution in [3.05, 3.63) is 29.8 Å². The number of carbonyl (C=O) groups excluding carboxylic acids is 2. The summed E-state index contributed by atoms with van der Waals surface area (Å²) in [6.45, 7) is 4.29. The third-order valence-electron chi connectivity index (χ3n) is 4.73. The van der Waals surface area contributed by atoms with E-state index in [0.29, 0.717) is 12.2 Å². The van der Waals surface area contributed by atoms with Crippen LogP contribution in [0.3, 0.4) is 0 Å². The number of nitrogens with one attached hydrogen (secondary N) is 2. The third kappa shape index (κ3) is 2.56. The van der Waals surface area contributed by atoms with Gasteiger partial charge in [-0.25, -0.2) is 0 Å². The van der Waals surface area contributed by atoms with Gasteiger partial charge in [-0.1, -0.05) is 19.1 Å². The summed E-state index contributed by atoms with van der Waals surface area (Å²) in [5.41, 5.74) is 1.09. The monoisotopic (exact) mass is 302 g/mol. The zero-order valence-corrected chi connectivity index (χ0v) is 13.0. The molecule has 0 radical (unpaired) electrons. The largest absolute Gasteiger partial charge is 0.466 e. The first-order chi connectivity index (χ1) is 10.5. The Balaban J connectivity index is 1.78. The summed E-state index contributed by atoms with van der Waals surface area (Å²) in [4.78, 5) is 24.4. The summed E-state index contributed by atoms with van der Waals surface area (Å²) in [6, 6.07) is 7.53. The van der Waals surface area contributed by atoms with Crippen molar-refractivity contribution >= 4 is 17.6 Å². The minimum atomic E-state index is -0.451. The van der Waals surface area contributed by atoms with E-state index in [9.17, 15) is 9.59 Å². The van der Waals surface area contributed by atoms with Gasteiger partial charge in [0.15, 0.2) is 0 Å². The average molecular weight is 302 g/mol. The summed E-state index contributed by atoms with van der Waals surface area (Å²) in [6.07, 6.45) is 2.16. The van der Waals surface area contributed by atoms with Crippen LogP contribution in [0.4, 0.5) is 5.69 Å². The highest BCUT2D eigenvalue weighted by Crippen LogP contribution is 2.40. The third-order valence-corrected chi connectivity index (χ3v) is 4.73.